The zero-order valence-corrected chi connectivity index (χ0v) is 9.59. The number of hydrogen-bond donors (Lipinski definition) is 2. The highest BCUT2D eigenvalue weighted by Gasteiger charge is 2.23. The van der Waals surface area contributed by atoms with Crippen LogP contribution in [0.15, 0.2) is 18.2 Å². The van der Waals surface area contributed by atoms with E-state index in [1.807, 2.05) is 6.07 Å². The molecule has 0 heterocycles. The number of benzene rings is 1. The lowest BCUT2D eigenvalue weighted by molar-refractivity contribution is 0.285. The lowest BCUT2D eigenvalue weighted by Crippen LogP contribution is -2.31. The van der Waals surface area contributed by atoms with Crippen LogP contribution in [0.4, 0.5) is 11.4 Å². The van der Waals surface area contributed by atoms with E-state index in [1.54, 1.807) is 0 Å². The first-order valence-corrected chi connectivity index (χ1v) is 5.79. The molecular weight excluding hydrogens is 184 g/mol. The molecule has 1 saturated carbocycles. The highest BCUT2D eigenvalue weighted by Crippen LogP contribution is 2.32. The van der Waals surface area contributed by atoms with E-state index >= 15 is 0 Å². The Labute approximate surface area is 91.9 Å². The highest BCUT2D eigenvalue weighted by atomic mass is 14.9. The molecule has 82 valence electrons. The molecule has 0 amide bonds. The van der Waals surface area contributed by atoms with Gasteiger partial charge in [-0.1, -0.05) is 12.5 Å². The molecule has 0 bridgehead atoms. The molecule has 1 unspecified atom stereocenters. The Hall–Kier alpha value is -1.18. The van der Waals surface area contributed by atoms with Gasteiger partial charge in [0.15, 0.2) is 0 Å². The minimum Gasteiger partial charge on any atom is -0.397 e. The third kappa shape index (κ3) is 2.25. The summed E-state index contributed by atoms with van der Waals surface area (Å²) in [5.74, 6) is 0.838. The summed E-state index contributed by atoms with van der Waals surface area (Å²) < 4.78 is 0. The molecule has 2 heteroatoms. The molecule has 2 nitrogen and oxygen atoms in total. The molecule has 1 aliphatic carbocycles. The van der Waals surface area contributed by atoms with Gasteiger partial charge in [-0.15, -0.1) is 0 Å². The summed E-state index contributed by atoms with van der Waals surface area (Å²) in [6.45, 7) is 4.35. The van der Waals surface area contributed by atoms with Crippen molar-refractivity contribution >= 4 is 11.4 Å². The Morgan fingerprint density at radius 1 is 1.40 bits per heavy atom. The first-order chi connectivity index (χ1) is 7.16. The van der Waals surface area contributed by atoms with E-state index in [2.05, 4.69) is 31.3 Å². The number of nitrogens with one attached hydrogen (secondary N) is 1. The van der Waals surface area contributed by atoms with Crippen LogP contribution in [0, 0.1) is 12.8 Å². The van der Waals surface area contributed by atoms with E-state index in [0.29, 0.717) is 6.04 Å². The van der Waals surface area contributed by atoms with Gasteiger partial charge in [0.05, 0.1) is 11.4 Å². The Morgan fingerprint density at radius 2 is 2.13 bits per heavy atom. The minimum atomic E-state index is 0.544. The molecule has 1 aliphatic rings. The van der Waals surface area contributed by atoms with Gasteiger partial charge in [0.25, 0.3) is 0 Å². The van der Waals surface area contributed by atoms with Crippen LogP contribution < -0.4 is 11.1 Å². The Kier molecular flexibility index (Phi) is 2.85. The second-order valence-electron chi connectivity index (χ2n) is 4.71. The van der Waals surface area contributed by atoms with E-state index in [0.717, 1.165) is 17.3 Å². The highest BCUT2D eigenvalue weighted by molar-refractivity contribution is 5.67. The minimum absolute atomic E-state index is 0.544. The van der Waals surface area contributed by atoms with Crippen molar-refractivity contribution in [3.05, 3.63) is 23.8 Å². The summed E-state index contributed by atoms with van der Waals surface area (Å²) >= 11 is 0. The van der Waals surface area contributed by atoms with Gasteiger partial charge in [-0.05, 0) is 50.3 Å². The van der Waals surface area contributed by atoms with Crippen molar-refractivity contribution in [1.82, 2.24) is 0 Å². The average molecular weight is 204 g/mol. The lowest BCUT2D eigenvalue weighted by atomic mass is 9.80. The number of hydrogen-bond acceptors (Lipinski definition) is 2. The van der Waals surface area contributed by atoms with Crippen LogP contribution in [-0.4, -0.2) is 6.04 Å². The Bertz CT molecular complexity index is 342. The number of aryl methyl sites for hydroxylation is 1. The van der Waals surface area contributed by atoms with Gasteiger partial charge in [0.2, 0.25) is 0 Å². The smallest absolute Gasteiger partial charge is 0.0578 e. The molecule has 0 radical (unpaired) electrons. The molecule has 0 aliphatic heterocycles. The number of anilines is 2. The van der Waals surface area contributed by atoms with Gasteiger partial charge >= 0.3 is 0 Å². The third-order valence-electron chi connectivity index (χ3n) is 3.45. The van der Waals surface area contributed by atoms with E-state index in [-0.39, 0.29) is 0 Å². The van der Waals surface area contributed by atoms with Crippen LogP contribution in [0.5, 0.6) is 0 Å². The van der Waals surface area contributed by atoms with Crippen LogP contribution in [0.3, 0.4) is 0 Å². The molecule has 0 saturated heterocycles. The van der Waals surface area contributed by atoms with Crippen molar-refractivity contribution in [2.24, 2.45) is 5.92 Å². The molecule has 2 rings (SSSR count). The van der Waals surface area contributed by atoms with Crippen LogP contribution in [-0.2, 0) is 0 Å². The van der Waals surface area contributed by atoms with Crippen molar-refractivity contribution in [3.8, 4) is 0 Å². The SMILES string of the molecule is Cc1ccc(N)c(NC(C)C2CCC2)c1. The summed E-state index contributed by atoms with van der Waals surface area (Å²) in [6.07, 6.45) is 4.11. The molecular formula is C13H20N2. The zero-order chi connectivity index (χ0) is 10.8. The largest absolute Gasteiger partial charge is 0.397 e. The Morgan fingerprint density at radius 3 is 2.73 bits per heavy atom. The van der Waals surface area contributed by atoms with Gasteiger partial charge in [-0.25, -0.2) is 0 Å². The standard InChI is InChI=1S/C13H20N2/c1-9-6-7-12(14)13(8-9)15-10(2)11-4-3-5-11/h6-8,10-11,15H,3-5,14H2,1-2H3. The average Bonchev–Trinajstić information content (AvgIpc) is 2.08. The van der Waals surface area contributed by atoms with E-state index < -0.39 is 0 Å². The third-order valence-corrected chi connectivity index (χ3v) is 3.45. The maximum atomic E-state index is 5.93. The monoisotopic (exact) mass is 204 g/mol. The van der Waals surface area contributed by atoms with Crippen molar-refractivity contribution in [2.45, 2.75) is 39.2 Å². The van der Waals surface area contributed by atoms with Crippen LogP contribution in [0.2, 0.25) is 0 Å². The number of nitrogen functional groups attached to an aromatic ring is 1. The van der Waals surface area contributed by atoms with Crippen LogP contribution in [0.1, 0.15) is 31.7 Å². The van der Waals surface area contributed by atoms with Gasteiger partial charge in [-0.2, -0.15) is 0 Å². The fraction of sp³-hybridized carbons (Fsp3) is 0.538. The maximum absolute atomic E-state index is 5.93. The topological polar surface area (TPSA) is 38.0 Å². The molecule has 0 spiro atoms. The van der Waals surface area contributed by atoms with Crippen molar-refractivity contribution in [2.75, 3.05) is 11.1 Å². The predicted octanol–water partition coefficient (Wildman–Crippen LogP) is 3.18. The van der Waals surface area contributed by atoms with Gasteiger partial charge in [0, 0.05) is 6.04 Å². The summed E-state index contributed by atoms with van der Waals surface area (Å²) in [5.41, 5.74) is 9.14. The zero-order valence-electron chi connectivity index (χ0n) is 9.59. The van der Waals surface area contributed by atoms with E-state index in [1.165, 1.54) is 24.8 Å². The van der Waals surface area contributed by atoms with E-state index in [9.17, 15) is 0 Å². The fourth-order valence-electron chi connectivity index (χ4n) is 2.10. The van der Waals surface area contributed by atoms with Crippen LogP contribution >= 0.6 is 0 Å². The normalized spacial score (nSPS) is 18.3. The number of nitrogens with two attached hydrogens (primary N) is 1. The fourth-order valence-corrected chi connectivity index (χ4v) is 2.10. The molecule has 15 heavy (non-hydrogen) atoms. The van der Waals surface area contributed by atoms with Gasteiger partial charge in [0.1, 0.15) is 0 Å². The number of rotatable bonds is 3. The lowest BCUT2D eigenvalue weighted by Gasteiger charge is -2.32. The molecule has 1 fully saturated rings. The van der Waals surface area contributed by atoms with Gasteiger partial charge in [-0.3, -0.25) is 0 Å². The summed E-state index contributed by atoms with van der Waals surface area (Å²) in [6, 6.07) is 6.70. The predicted molar refractivity (Wildman–Crippen MR) is 66.0 cm³/mol. The quantitative estimate of drug-likeness (QED) is 0.742. The van der Waals surface area contributed by atoms with Gasteiger partial charge < -0.3 is 11.1 Å². The molecule has 1 atom stereocenters. The summed E-state index contributed by atoms with van der Waals surface area (Å²) in [7, 11) is 0. The molecule has 1 aromatic carbocycles. The molecule has 3 N–H and O–H groups in total. The van der Waals surface area contributed by atoms with Crippen molar-refractivity contribution < 1.29 is 0 Å². The van der Waals surface area contributed by atoms with E-state index in [4.69, 9.17) is 5.73 Å². The Balaban J connectivity index is 2.05. The van der Waals surface area contributed by atoms with Crippen LogP contribution in [0.25, 0.3) is 0 Å². The second kappa shape index (κ2) is 4.13. The first-order valence-electron chi connectivity index (χ1n) is 5.79. The van der Waals surface area contributed by atoms with Crippen molar-refractivity contribution in [1.29, 1.82) is 0 Å². The first kappa shape index (κ1) is 10.3. The maximum Gasteiger partial charge on any atom is 0.0578 e. The summed E-state index contributed by atoms with van der Waals surface area (Å²) in [4.78, 5) is 0. The second-order valence-corrected chi connectivity index (χ2v) is 4.71. The summed E-state index contributed by atoms with van der Waals surface area (Å²) in [5, 5.41) is 3.53. The molecule has 1 aromatic rings. The van der Waals surface area contributed by atoms with Crippen molar-refractivity contribution in [3.63, 3.8) is 0 Å². The molecule has 0 aromatic heterocycles.